The summed E-state index contributed by atoms with van der Waals surface area (Å²) in [6.07, 6.45) is 7.75. The van der Waals surface area contributed by atoms with Gasteiger partial charge in [0.2, 0.25) is 0 Å². The molecule has 0 N–H and O–H groups in total. The van der Waals surface area contributed by atoms with Gasteiger partial charge in [-0.05, 0) is 24.1 Å². The van der Waals surface area contributed by atoms with Crippen molar-refractivity contribution in [3.63, 3.8) is 0 Å². The summed E-state index contributed by atoms with van der Waals surface area (Å²) in [7, 11) is 0. The molecule has 2 rings (SSSR count). The van der Waals surface area contributed by atoms with E-state index in [1.165, 1.54) is 11.3 Å². The summed E-state index contributed by atoms with van der Waals surface area (Å²) in [6, 6.07) is 2.25. The first-order valence-electron chi connectivity index (χ1n) is 3.75. The Bertz CT molecular complexity index is 268. The largest absolute Gasteiger partial charge is 0.344 e. The second-order valence-corrected chi connectivity index (χ2v) is 2.68. The molecule has 1 nitrogen and oxygen atoms in total. The quantitative estimate of drug-likeness (QED) is 0.552. The SMILES string of the molecule is CCc1cc2n(c1)CC=C2. The van der Waals surface area contributed by atoms with Gasteiger partial charge in [-0.2, -0.15) is 0 Å². The van der Waals surface area contributed by atoms with Crippen LogP contribution in [0.25, 0.3) is 6.08 Å². The van der Waals surface area contributed by atoms with Crippen LogP contribution < -0.4 is 0 Å². The number of aryl methyl sites for hydroxylation is 1. The van der Waals surface area contributed by atoms with E-state index in [2.05, 4.69) is 35.9 Å². The lowest BCUT2D eigenvalue weighted by molar-refractivity contribution is 0.842. The molecule has 1 heteroatoms. The minimum Gasteiger partial charge on any atom is -0.344 e. The number of aromatic nitrogens is 1. The van der Waals surface area contributed by atoms with Crippen LogP contribution in [-0.4, -0.2) is 4.57 Å². The van der Waals surface area contributed by atoms with Gasteiger partial charge < -0.3 is 4.57 Å². The Labute approximate surface area is 61.0 Å². The topological polar surface area (TPSA) is 4.93 Å². The van der Waals surface area contributed by atoms with Crippen LogP contribution in [0.3, 0.4) is 0 Å². The molecule has 1 aromatic rings. The van der Waals surface area contributed by atoms with Crippen LogP contribution in [-0.2, 0) is 13.0 Å². The first kappa shape index (κ1) is 5.78. The van der Waals surface area contributed by atoms with Gasteiger partial charge in [-0.25, -0.2) is 0 Å². The van der Waals surface area contributed by atoms with Gasteiger partial charge >= 0.3 is 0 Å². The van der Waals surface area contributed by atoms with Crippen LogP contribution >= 0.6 is 0 Å². The number of allylic oxidation sites excluding steroid dienone is 1. The summed E-state index contributed by atoms with van der Waals surface area (Å²) >= 11 is 0. The van der Waals surface area contributed by atoms with Crippen molar-refractivity contribution in [2.24, 2.45) is 0 Å². The number of nitrogens with zero attached hydrogens (tertiary/aromatic N) is 1. The summed E-state index contributed by atoms with van der Waals surface area (Å²) in [4.78, 5) is 0. The first-order chi connectivity index (χ1) is 4.90. The van der Waals surface area contributed by atoms with E-state index >= 15 is 0 Å². The first-order valence-corrected chi connectivity index (χ1v) is 3.75. The Balaban J connectivity index is 2.45. The summed E-state index contributed by atoms with van der Waals surface area (Å²) < 4.78 is 2.28. The molecule has 0 unspecified atom stereocenters. The summed E-state index contributed by atoms with van der Waals surface area (Å²) in [6.45, 7) is 3.25. The third-order valence-electron chi connectivity index (χ3n) is 1.99. The molecule has 0 atom stereocenters. The van der Waals surface area contributed by atoms with Gasteiger partial charge in [0.1, 0.15) is 0 Å². The van der Waals surface area contributed by atoms with E-state index in [0.717, 1.165) is 13.0 Å². The van der Waals surface area contributed by atoms with Gasteiger partial charge in [0.15, 0.2) is 0 Å². The van der Waals surface area contributed by atoms with Crippen LogP contribution in [0, 0.1) is 0 Å². The number of hydrogen-bond acceptors (Lipinski definition) is 0. The van der Waals surface area contributed by atoms with Crippen molar-refractivity contribution in [2.45, 2.75) is 19.9 Å². The Morgan fingerprint density at radius 1 is 1.60 bits per heavy atom. The summed E-state index contributed by atoms with van der Waals surface area (Å²) in [5.74, 6) is 0. The average molecular weight is 133 g/mol. The Morgan fingerprint density at radius 2 is 2.50 bits per heavy atom. The molecule has 0 spiro atoms. The van der Waals surface area contributed by atoms with Crippen molar-refractivity contribution in [2.75, 3.05) is 0 Å². The molecule has 0 fully saturated rings. The molecule has 10 heavy (non-hydrogen) atoms. The monoisotopic (exact) mass is 133 g/mol. The smallest absolute Gasteiger partial charge is 0.0410 e. The number of rotatable bonds is 1. The molecule has 0 bridgehead atoms. The van der Waals surface area contributed by atoms with Crippen molar-refractivity contribution in [3.8, 4) is 0 Å². The van der Waals surface area contributed by atoms with Gasteiger partial charge in [-0.1, -0.05) is 13.0 Å². The Kier molecular flexibility index (Phi) is 1.16. The summed E-state index contributed by atoms with van der Waals surface area (Å²) in [5, 5.41) is 0. The van der Waals surface area contributed by atoms with Crippen molar-refractivity contribution in [1.82, 2.24) is 4.57 Å². The van der Waals surface area contributed by atoms with Gasteiger partial charge in [-0.15, -0.1) is 0 Å². The highest BCUT2D eigenvalue weighted by atomic mass is 15.0. The highest BCUT2D eigenvalue weighted by molar-refractivity contribution is 5.50. The van der Waals surface area contributed by atoms with E-state index in [9.17, 15) is 0 Å². The number of fused-ring (bicyclic) bond motifs is 1. The maximum atomic E-state index is 2.28. The minimum atomic E-state index is 1.06. The zero-order valence-corrected chi connectivity index (χ0v) is 6.17. The molecule has 52 valence electrons. The van der Waals surface area contributed by atoms with Crippen molar-refractivity contribution in [1.29, 1.82) is 0 Å². The lowest BCUT2D eigenvalue weighted by Crippen LogP contribution is -1.87. The van der Waals surface area contributed by atoms with Crippen molar-refractivity contribution < 1.29 is 0 Å². The van der Waals surface area contributed by atoms with Crippen molar-refractivity contribution >= 4 is 6.08 Å². The molecule has 1 aliphatic rings. The van der Waals surface area contributed by atoms with Crippen LogP contribution in [0.4, 0.5) is 0 Å². The van der Waals surface area contributed by atoms with Crippen molar-refractivity contribution in [3.05, 3.63) is 29.6 Å². The van der Waals surface area contributed by atoms with Crippen LogP contribution in [0.5, 0.6) is 0 Å². The molecule has 0 radical (unpaired) electrons. The third-order valence-corrected chi connectivity index (χ3v) is 1.99. The summed E-state index contributed by atoms with van der Waals surface area (Å²) in [5.41, 5.74) is 2.80. The molecule has 0 amide bonds. The molecule has 0 aromatic carbocycles. The molecular weight excluding hydrogens is 122 g/mol. The predicted molar refractivity (Wildman–Crippen MR) is 42.8 cm³/mol. The highest BCUT2D eigenvalue weighted by Gasteiger charge is 2.04. The van der Waals surface area contributed by atoms with Crippen LogP contribution in [0.1, 0.15) is 18.2 Å². The molecule has 1 aromatic heterocycles. The standard InChI is InChI=1S/C9H11N/c1-2-8-6-9-4-3-5-10(9)7-8/h3-4,6-7H,2,5H2,1H3. The highest BCUT2D eigenvalue weighted by Crippen LogP contribution is 2.15. The molecule has 0 aliphatic carbocycles. The zero-order valence-electron chi connectivity index (χ0n) is 6.17. The van der Waals surface area contributed by atoms with Gasteiger partial charge in [0.25, 0.3) is 0 Å². The van der Waals surface area contributed by atoms with E-state index in [0.29, 0.717) is 0 Å². The van der Waals surface area contributed by atoms with E-state index in [1.54, 1.807) is 0 Å². The van der Waals surface area contributed by atoms with Crippen LogP contribution in [0.15, 0.2) is 18.3 Å². The van der Waals surface area contributed by atoms with E-state index in [-0.39, 0.29) is 0 Å². The van der Waals surface area contributed by atoms with E-state index in [4.69, 9.17) is 0 Å². The van der Waals surface area contributed by atoms with Gasteiger partial charge in [0, 0.05) is 18.4 Å². The fourth-order valence-corrected chi connectivity index (χ4v) is 1.37. The van der Waals surface area contributed by atoms with E-state index in [1.807, 2.05) is 0 Å². The molecule has 0 saturated carbocycles. The average Bonchev–Trinajstić information content (AvgIpc) is 2.42. The maximum Gasteiger partial charge on any atom is 0.0410 e. The van der Waals surface area contributed by atoms with Gasteiger partial charge in [0.05, 0.1) is 0 Å². The molecule has 1 aliphatic heterocycles. The predicted octanol–water partition coefficient (Wildman–Crippen LogP) is 2.08. The number of hydrogen-bond donors (Lipinski definition) is 0. The third kappa shape index (κ3) is 0.703. The second-order valence-electron chi connectivity index (χ2n) is 2.68. The lowest BCUT2D eigenvalue weighted by Gasteiger charge is -1.91. The second kappa shape index (κ2) is 2.01. The van der Waals surface area contributed by atoms with Crippen LogP contribution in [0.2, 0.25) is 0 Å². The molecule has 0 saturated heterocycles. The fourth-order valence-electron chi connectivity index (χ4n) is 1.37. The normalized spacial score (nSPS) is 14.1. The molecule has 2 heterocycles. The lowest BCUT2D eigenvalue weighted by atomic mass is 10.2. The minimum absolute atomic E-state index is 1.06. The fraction of sp³-hybridized carbons (Fsp3) is 0.333. The Morgan fingerprint density at radius 3 is 3.20 bits per heavy atom. The maximum absolute atomic E-state index is 2.28. The molecular formula is C9H11N. The van der Waals surface area contributed by atoms with Gasteiger partial charge in [-0.3, -0.25) is 0 Å². The van der Waals surface area contributed by atoms with E-state index < -0.39 is 0 Å². The zero-order chi connectivity index (χ0) is 6.97. The Hall–Kier alpha value is -0.980.